The largest absolute Gasteiger partial charge is 0.497 e. The smallest absolute Gasteiger partial charge is 0.295 e. The average molecular weight is 291 g/mol. The van der Waals surface area contributed by atoms with Gasteiger partial charge in [0.15, 0.2) is 0 Å². The van der Waals surface area contributed by atoms with Crippen LogP contribution in [-0.2, 0) is 0 Å². The lowest BCUT2D eigenvalue weighted by molar-refractivity contribution is 0.331. The van der Waals surface area contributed by atoms with E-state index in [4.69, 9.17) is 15.3 Å². The molecule has 112 valence electrons. The maximum atomic E-state index is 11.6. The average Bonchev–Trinajstić information content (AvgIpc) is 2.51. The van der Waals surface area contributed by atoms with E-state index in [1.54, 1.807) is 14.0 Å². The van der Waals surface area contributed by atoms with E-state index in [0.717, 1.165) is 16.2 Å². The van der Waals surface area contributed by atoms with Gasteiger partial charge in [-0.3, -0.25) is 4.79 Å². The summed E-state index contributed by atoms with van der Waals surface area (Å²) in [5.74, 6) is 7.28. The summed E-state index contributed by atoms with van der Waals surface area (Å²) in [4.78, 5) is 11.6. The molecule has 1 heterocycles. The highest BCUT2D eigenvalue weighted by molar-refractivity contribution is 5.31. The van der Waals surface area contributed by atoms with Crippen molar-refractivity contribution < 1.29 is 9.47 Å². The highest BCUT2D eigenvalue weighted by Crippen LogP contribution is 2.16. The van der Waals surface area contributed by atoms with Crippen LogP contribution in [0, 0.1) is 6.92 Å². The number of hydrogen-bond donors (Lipinski definition) is 2. The molecule has 0 amide bonds. The number of anilines is 1. The molecule has 0 saturated heterocycles. The number of nitrogens with zero attached hydrogens (tertiary/aromatic N) is 3. The van der Waals surface area contributed by atoms with E-state index in [2.05, 4.69) is 15.5 Å². The Balaban J connectivity index is 1.84. The van der Waals surface area contributed by atoms with E-state index in [0.29, 0.717) is 13.2 Å². The van der Waals surface area contributed by atoms with Gasteiger partial charge in [0.2, 0.25) is 5.95 Å². The Kier molecular flexibility index (Phi) is 4.60. The van der Waals surface area contributed by atoms with Crippen LogP contribution in [0.3, 0.4) is 0 Å². The lowest BCUT2D eigenvalue weighted by atomic mass is 10.3. The number of aromatic nitrogens is 3. The Morgan fingerprint density at radius 3 is 2.57 bits per heavy atom. The van der Waals surface area contributed by atoms with Crippen molar-refractivity contribution in [1.82, 2.24) is 14.9 Å². The Morgan fingerprint density at radius 2 is 1.90 bits per heavy atom. The van der Waals surface area contributed by atoms with Crippen molar-refractivity contribution in [2.24, 2.45) is 0 Å². The molecule has 21 heavy (non-hydrogen) atoms. The van der Waals surface area contributed by atoms with E-state index < -0.39 is 0 Å². The van der Waals surface area contributed by atoms with Gasteiger partial charge in [-0.2, -0.15) is 4.68 Å². The molecule has 2 rings (SSSR count). The first kappa shape index (κ1) is 14.6. The van der Waals surface area contributed by atoms with Crippen molar-refractivity contribution in [1.29, 1.82) is 0 Å². The van der Waals surface area contributed by atoms with E-state index >= 15 is 0 Å². The second-order valence-electron chi connectivity index (χ2n) is 4.23. The number of hydrogen-bond acceptors (Lipinski definition) is 7. The molecule has 0 aliphatic rings. The summed E-state index contributed by atoms with van der Waals surface area (Å²) in [5, 5.41) is 10.4. The van der Waals surface area contributed by atoms with Crippen LogP contribution >= 0.6 is 0 Å². The molecule has 0 bridgehead atoms. The molecule has 0 unspecified atom stereocenters. The number of rotatable bonds is 6. The zero-order valence-corrected chi connectivity index (χ0v) is 11.9. The standard InChI is InChI=1S/C13H17N5O3/c1-9-12(19)18(14)13(17-16-9)15-7-8-21-11-5-3-10(20-2)4-6-11/h3-6H,7-8,14H2,1-2H3,(H,15,17). The fourth-order valence-corrected chi connectivity index (χ4v) is 1.61. The molecular formula is C13H17N5O3. The summed E-state index contributed by atoms with van der Waals surface area (Å²) in [6.07, 6.45) is 0. The summed E-state index contributed by atoms with van der Waals surface area (Å²) in [6.45, 7) is 2.37. The molecule has 1 aromatic heterocycles. The monoisotopic (exact) mass is 291 g/mol. The Hall–Kier alpha value is -2.77. The number of benzene rings is 1. The second-order valence-corrected chi connectivity index (χ2v) is 4.23. The second kappa shape index (κ2) is 6.60. The van der Waals surface area contributed by atoms with E-state index in [1.807, 2.05) is 24.3 Å². The molecule has 0 atom stereocenters. The zero-order chi connectivity index (χ0) is 15.2. The van der Waals surface area contributed by atoms with Crippen molar-refractivity contribution in [2.45, 2.75) is 6.92 Å². The first-order valence-corrected chi connectivity index (χ1v) is 6.34. The van der Waals surface area contributed by atoms with E-state index in [1.165, 1.54) is 0 Å². The molecule has 0 aliphatic carbocycles. The first-order chi connectivity index (χ1) is 10.1. The summed E-state index contributed by atoms with van der Waals surface area (Å²) in [6, 6.07) is 7.24. The molecule has 1 aromatic carbocycles. The van der Waals surface area contributed by atoms with Crippen molar-refractivity contribution >= 4 is 5.95 Å². The predicted octanol–water partition coefficient (Wildman–Crippen LogP) is 0.160. The minimum atomic E-state index is -0.386. The van der Waals surface area contributed by atoms with Crippen LogP contribution < -0.4 is 26.2 Å². The van der Waals surface area contributed by atoms with E-state index in [9.17, 15) is 4.79 Å². The van der Waals surface area contributed by atoms with Crippen LogP contribution in [0.2, 0.25) is 0 Å². The molecule has 8 heteroatoms. The van der Waals surface area contributed by atoms with Gasteiger partial charge in [-0.05, 0) is 31.2 Å². The highest BCUT2D eigenvalue weighted by Gasteiger charge is 2.05. The minimum Gasteiger partial charge on any atom is -0.497 e. The summed E-state index contributed by atoms with van der Waals surface area (Å²) in [7, 11) is 1.61. The lowest BCUT2D eigenvalue weighted by Crippen LogP contribution is -2.34. The highest BCUT2D eigenvalue weighted by atomic mass is 16.5. The van der Waals surface area contributed by atoms with Crippen LogP contribution in [-0.4, -0.2) is 35.1 Å². The number of nitrogens with two attached hydrogens (primary N) is 1. The van der Waals surface area contributed by atoms with Crippen molar-refractivity contribution in [3.63, 3.8) is 0 Å². The van der Waals surface area contributed by atoms with Gasteiger partial charge < -0.3 is 20.6 Å². The fraction of sp³-hybridized carbons (Fsp3) is 0.308. The molecular weight excluding hydrogens is 274 g/mol. The third kappa shape index (κ3) is 3.62. The van der Waals surface area contributed by atoms with Crippen LogP contribution in [0.5, 0.6) is 11.5 Å². The first-order valence-electron chi connectivity index (χ1n) is 6.34. The summed E-state index contributed by atoms with van der Waals surface area (Å²) >= 11 is 0. The topological polar surface area (TPSA) is 104 Å². The van der Waals surface area contributed by atoms with Crippen LogP contribution in [0.4, 0.5) is 5.95 Å². The SMILES string of the molecule is COc1ccc(OCCNc2nnc(C)c(=O)n2N)cc1. The molecule has 0 fully saturated rings. The molecule has 0 spiro atoms. The van der Waals surface area contributed by atoms with Gasteiger partial charge in [0, 0.05) is 0 Å². The Bertz CT molecular complexity index is 654. The number of aryl methyl sites for hydroxylation is 1. The van der Waals surface area contributed by atoms with Gasteiger partial charge in [0.1, 0.15) is 23.8 Å². The van der Waals surface area contributed by atoms with Gasteiger partial charge >= 0.3 is 0 Å². The van der Waals surface area contributed by atoms with Crippen molar-refractivity contribution in [3.05, 3.63) is 40.3 Å². The zero-order valence-electron chi connectivity index (χ0n) is 11.9. The van der Waals surface area contributed by atoms with Crippen LogP contribution in [0.25, 0.3) is 0 Å². The predicted molar refractivity (Wildman–Crippen MR) is 78.2 cm³/mol. The van der Waals surface area contributed by atoms with Crippen LogP contribution in [0.15, 0.2) is 29.1 Å². The molecule has 0 radical (unpaired) electrons. The van der Waals surface area contributed by atoms with Crippen molar-refractivity contribution in [2.75, 3.05) is 31.4 Å². The quantitative estimate of drug-likeness (QED) is 0.577. The molecule has 8 nitrogen and oxygen atoms in total. The molecule has 0 aliphatic heterocycles. The van der Waals surface area contributed by atoms with Gasteiger partial charge in [-0.1, -0.05) is 0 Å². The normalized spacial score (nSPS) is 10.2. The number of nitrogen functional groups attached to an aromatic ring is 1. The van der Waals surface area contributed by atoms with Gasteiger partial charge in [-0.25, -0.2) is 0 Å². The molecule has 2 aromatic rings. The summed E-state index contributed by atoms with van der Waals surface area (Å²) in [5.41, 5.74) is -0.138. The van der Waals surface area contributed by atoms with E-state index in [-0.39, 0.29) is 17.2 Å². The third-order valence-corrected chi connectivity index (χ3v) is 2.76. The van der Waals surface area contributed by atoms with Crippen molar-refractivity contribution in [3.8, 4) is 11.5 Å². The number of methoxy groups -OCH3 is 1. The van der Waals surface area contributed by atoms with Gasteiger partial charge in [-0.15, -0.1) is 10.2 Å². The van der Waals surface area contributed by atoms with Crippen LogP contribution in [0.1, 0.15) is 5.69 Å². The Labute approximate surface area is 121 Å². The van der Waals surface area contributed by atoms with Gasteiger partial charge in [0.25, 0.3) is 5.56 Å². The van der Waals surface area contributed by atoms with Gasteiger partial charge in [0.05, 0.1) is 13.7 Å². The number of ether oxygens (including phenoxy) is 2. The maximum Gasteiger partial charge on any atom is 0.295 e. The molecule has 3 N–H and O–H groups in total. The maximum absolute atomic E-state index is 11.6. The molecule has 0 saturated carbocycles. The fourth-order valence-electron chi connectivity index (χ4n) is 1.61. The minimum absolute atomic E-state index is 0.198. The third-order valence-electron chi connectivity index (χ3n) is 2.76. The lowest BCUT2D eigenvalue weighted by Gasteiger charge is -2.10. The number of nitrogens with one attached hydrogen (secondary N) is 1. The Morgan fingerprint density at radius 1 is 1.24 bits per heavy atom. The summed E-state index contributed by atoms with van der Waals surface area (Å²) < 4.78 is 11.5.